The standard InChI is InChI=1S/C20H22F2N2O2/c1-20(22)8-4-5-13(12-20)18(25)16-11-17-19(26-10-9-24(17)23-16)14-6-2-3-7-15(14)21/h2-3,6-7,11,13,19H,4-5,8-10,12H2,1H3. The minimum absolute atomic E-state index is 0.122. The van der Waals surface area contributed by atoms with Crippen LogP contribution in [-0.2, 0) is 11.3 Å². The number of carbonyl (C=O) groups is 1. The molecule has 4 rings (SSSR count). The highest BCUT2D eigenvalue weighted by molar-refractivity contribution is 5.96. The van der Waals surface area contributed by atoms with E-state index in [9.17, 15) is 13.6 Å². The van der Waals surface area contributed by atoms with Gasteiger partial charge < -0.3 is 4.74 Å². The number of nitrogens with zero attached hydrogens (tertiary/aromatic N) is 2. The van der Waals surface area contributed by atoms with Gasteiger partial charge >= 0.3 is 0 Å². The Labute approximate surface area is 151 Å². The molecule has 2 aliphatic rings. The molecule has 6 heteroatoms. The first-order valence-corrected chi connectivity index (χ1v) is 9.11. The van der Waals surface area contributed by atoms with Crippen molar-refractivity contribution in [1.82, 2.24) is 9.78 Å². The summed E-state index contributed by atoms with van der Waals surface area (Å²) in [6.45, 7) is 2.47. The van der Waals surface area contributed by atoms with Gasteiger partial charge in [0.2, 0.25) is 0 Å². The number of rotatable bonds is 3. The van der Waals surface area contributed by atoms with E-state index in [1.165, 1.54) is 6.07 Å². The van der Waals surface area contributed by atoms with E-state index in [1.54, 1.807) is 35.9 Å². The second-order valence-corrected chi connectivity index (χ2v) is 7.52. The first kappa shape index (κ1) is 17.3. The number of aromatic nitrogens is 2. The van der Waals surface area contributed by atoms with Crippen molar-refractivity contribution in [1.29, 1.82) is 0 Å². The van der Waals surface area contributed by atoms with Crippen LogP contribution in [0.3, 0.4) is 0 Å². The molecule has 26 heavy (non-hydrogen) atoms. The van der Waals surface area contributed by atoms with Crippen molar-refractivity contribution in [2.45, 2.75) is 50.9 Å². The number of ketones is 1. The van der Waals surface area contributed by atoms with Gasteiger partial charge in [0.15, 0.2) is 5.78 Å². The Balaban J connectivity index is 1.63. The van der Waals surface area contributed by atoms with Crippen LogP contribution in [0.2, 0.25) is 0 Å². The monoisotopic (exact) mass is 360 g/mol. The van der Waals surface area contributed by atoms with E-state index in [2.05, 4.69) is 5.10 Å². The largest absolute Gasteiger partial charge is 0.365 e. The third kappa shape index (κ3) is 3.18. The highest BCUT2D eigenvalue weighted by Gasteiger charge is 2.37. The normalized spacial score (nSPS) is 28.6. The zero-order chi connectivity index (χ0) is 18.3. The van der Waals surface area contributed by atoms with Gasteiger partial charge in [-0.25, -0.2) is 8.78 Å². The molecule has 0 saturated heterocycles. The van der Waals surface area contributed by atoms with Gasteiger partial charge in [-0.3, -0.25) is 9.48 Å². The van der Waals surface area contributed by atoms with E-state index in [1.807, 2.05) is 0 Å². The van der Waals surface area contributed by atoms with Crippen LogP contribution in [0.15, 0.2) is 30.3 Å². The van der Waals surface area contributed by atoms with Gasteiger partial charge in [-0.1, -0.05) is 18.2 Å². The van der Waals surface area contributed by atoms with Crippen LogP contribution in [0, 0.1) is 11.7 Å². The maximum absolute atomic E-state index is 14.3. The predicted molar refractivity (Wildman–Crippen MR) is 92.2 cm³/mol. The summed E-state index contributed by atoms with van der Waals surface area (Å²) in [6.07, 6.45) is 1.55. The summed E-state index contributed by atoms with van der Waals surface area (Å²) < 4.78 is 36.0. The summed E-state index contributed by atoms with van der Waals surface area (Å²) >= 11 is 0. The Hall–Kier alpha value is -2.08. The van der Waals surface area contributed by atoms with E-state index in [0.29, 0.717) is 49.4 Å². The van der Waals surface area contributed by atoms with Crippen molar-refractivity contribution in [3.63, 3.8) is 0 Å². The van der Waals surface area contributed by atoms with Crippen LogP contribution >= 0.6 is 0 Å². The van der Waals surface area contributed by atoms with Gasteiger partial charge in [-0.15, -0.1) is 0 Å². The van der Waals surface area contributed by atoms with Gasteiger partial charge in [0.05, 0.1) is 18.8 Å². The molecule has 2 heterocycles. The summed E-state index contributed by atoms with van der Waals surface area (Å²) in [5.74, 6) is -0.813. The molecule has 0 spiro atoms. The molecular formula is C20H22F2N2O2. The molecule has 2 aromatic rings. The SMILES string of the molecule is CC1(F)CCCC(C(=O)c2cc3n(n2)CCOC3c2ccccc2F)C1. The molecule has 0 bridgehead atoms. The highest BCUT2D eigenvalue weighted by Crippen LogP contribution is 2.37. The van der Waals surface area contributed by atoms with Gasteiger partial charge in [-0.2, -0.15) is 5.10 Å². The van der Waals surface area contributed by atoms with Crippen LogP contribution in [-0.4, -0.2) is 27.8 Å². The number of Topliss-reactive ketones (excluding diaryl/α,β-unsaturated/α-hetero) is 1. The number of fused-ring (bicyclic) bond motifs is 1. The summed E-state index contributed by atoms with van der Waals surface area (Å²) in [7, 11) is 0. The Morgan fingerprint density at radius 2 is 2.19 bits per heavy atom. The molecule has 3 atom stereocenters. The molecule has 0 N–H and O–H groups in total. The summed E-state index contributed by atoms with van der Waals surface area (Å²) in [5.41, 5.74) is 0.135. The molecule has 1 aromatic heterocycles. The summed E-state index contributed by atoms with van der Waals surface area (Å²) in [6, 6.07) is 8.14. The van der Waals surface area contributed by atoms with Crippen molar-refractivity contribution in [3.05, 3.63) is 53.1 Å². The Kier molecular flexibility index (Phi) is 4.39. The lowest BCUT2D eigenvalue weighted by molar-refractivity contribution is 0.0400. The first-order chi connectivity index (χ1) is 12.4. The van der Waals surface area contributed by atoms with Crippen molar-refractivity contribution >= 4 is 5.78 Å². The summed E-state index contributed by atoms with van der Waals surface area (Å²) in [5, 5.41) is 4.42. The number of alkyl halides is 1. The molecule has 4 nitrogen and oxygen atoms in total. The van der Waals surface area contributed by atoms with E-state index in [-0.39, 0.29) is 23.9 Å². The van der Waals surface area contributed by atoms with Crippen LogP contribution in [0.25, 0.3) is 0 Å². The number of halogens is 2. The minimum Gasteiger partial charge on any atom is -0.365 e. The quantitative estimate of drug-likeness (QED) is 0.769. The number of hydrogen-bond acceptors (Lipinski definition) is 3. The maximum atomic E-state index is 14.3. The maximum Gasteiger partial charge on any atom is 0.186 e. The van der Waals surface area contributed by atoms with Crippen molar-refractivity contribution < 1.29 is 18.3 Å². The lowest BCUT2D eigenvalue weighted by Gasteiger charge is -2.30. The average Bonchev–Trinajstić information content (AvgIpc) is 3.05. The molecule has 1 fully saturated rings. The molecule has 1 saturated carbocycles. The topological polar surface area (TPSA) is 44.1 Å². The van der Waals surface area contributed by atoms with E-state index in [4.69, 9.17) is 4.74 Å². The number of hydrogen-bond donors (Lipinski definition) is 0. The Bertz CT molecular complexity index is 831. The smallest absolute Gasteiger partial charge is 0.186 e. The average molecular weight is 360 g/mol. The fourth-order valence-electron chi connectivity index (χ4n) is 4.09. The van der Waals surface area contributed by atoms with Crippen LogP contribution in [0.4, 0.5) is 8.78 Å². The zero-order valence-corrected chi connectivity index (χ0v) is 14.8. The van der Waals surface area contributed by atoms with Gasteiger partial charge in [0.1, 0.15) is 23.3 Å². The second kappa shape index (κ2) is 6.58. The third-order valence-corrected chi connectivity index (χ3v) is 5.40. The number of carbonyl (C=O) groups excluding carboxylic acids is 1. The molecular weight excluding hydrogens is 338 g/mol. The van der Waals surface area contributed by atoms with Gasteiger partial charge in [0.25, 0.3) is 0 Å². The van der Waals surface area contributed by atoms with Gasteiger partial charge in [-0.05, 0) is 44.7 Å². The fraction of sp³-hybridized carbons (Fsp3) is 0.500. The molecule has 1 aliphatic carbocycles. The molecule has 0 amide bonds. The van der Waals surface area contributed by atoms with Crippen LogP contribution in [0.1, 0.15) is 60.5 Å². The van der Waals surface area contributed by atoms with Crippen molar-refractivity contribution in [2.75, 3.05) is 6.61 Å². The Morgan fingerprint density at radius 3 is 2.96 bits per heavy atom. The Morgan fingerprint density at radius 1 is 1.38 bits per heavy atom. The minimum atomic E-state index is -1.29. The second-order valence-electron chi connectivity index (χ2n) is 7.52. The molecule has 3 unspecified atom stereocenters. The third-order valence-electron chi connectivity index (χ3n) is 5.40. The van der Waals surface area contributed by atoms with Crippen molar-refractivity contribution in [3.8, 4) is 0 Å². The van der Waals surface area contributed by atoms with E-state index >= 15 is 0 Å². The lowest BCUT2D eigenvalue weighted by atomic mass is 9.78. The van der Waals surface area contributed by atoms with Crippen molar-refractivity contribution in [2.24, 2.45) is 5.92 Å². The lowest BCUT2D eigenvalue weighted by Crippen LogP contribution is -2.31. The fourth-order valence-corrected chi connectivity index (χ4v) is 4.09. The van der Waals surface area contributed by atoms with Gasteiger partial charge in [0, 0.05) is 11.5 Å². The molecule has 1 aromatic carbocycles. The molecule has 1 aliphatic heterocycles. The van der Waals surface area contributed by atoms with E-state index < -0.39 is 11.8 Å². The number of ether oxygens (including phenoxy) is 1. The molecule has 138 valence electrons. The first-order valence-electron chi connectivity index (χ1n) is 9.11. The molecule has 0 radical (unpaired) electrons. The van der Waals surface area contributed by atoms with E-state index in [0.717, 1.165) is 0 Å². The predicted octanol–water partition coefficient (Wildman–Crippen LogP) is 4.24. The van der Waals surface area contributed by atoms with Crippen LogP contribution in [0.5, 0.6) is 0 Å². The van der Waals surface area contributed by atoms with Crippen LogP contribution < -0.4 is 0 Å². The summed E-state index contributed by atoms with van der Waals surface area (Å²) in [4.78, 5) is 12.9. The zero-order valence-electron chi connectivity index (χ0n) is 14.8. The highest BCUT2D eigenvalue weighted by atomic mass is 19.1. The number of benzene rings is 1.